The van der Waals surface area contributed by atoms with Crippen molar-refractivity contribution in [3.8, 4) is 0 Å². The highest BCUT2D eigenvalue weighted by Gasteiger charge is 2.22. The molecule has 0 saturated carbocycles. The first-order valence-electron chi connectivity index (χ1n) is 8.58. The summed E-state index contributed by atoms with van der Waals surface area (Å²) < 4.78 is 5.31. The number of carbonyl (C=O) groups is 2. The van der Waals surface area contributed by atoms with Crippen LogP contribution in [0.15, 0.2) is 42.6 Å². The average Bonchev–Trinajstić information content (AvgIpc) is 2.65. The Balaban J connectivity index is 1.47. The molecule has 1 fully saturated rings. The normalized spacial score (nSPS) is 18.5. The number of rotatable bonds is 5. The minimum atomic E-state index is -0.185. The van der Waals surface area contributed by atoms with Gasteiger partial charge in [-0.3, -0.25) is 14.6 Å². The second kappa shape index (κ2) is 8.64. The van der Waals surface area contributed by atoms with E-state index in [-0.39, 0.29) is 18.6 Å². The molecular formula is C18H24N4O3. The average molecular weight is 344 g/mol. The van der Waals surface area contributed by atoms with Gasteiger partial charge in [-0.1, -0.05) is 30.3 Å². The lowest BCUT2D eigenvalue weighted by atomic mass is 10.2. The number of nitrogens with zero attached hydrogens (tertiary/aromatic N) is 3. The summed E-state index contributed by atoms with van der Waals surface area (Å²) >= 11 is 0. The quantitative estimate of drug-likeness (QED) is 0.860. The van der Waals surface area contributed by atoms with Gasteiger partial charge in [-0.05, 0) is 5.56 Å². The summed E-state index contributed by atoms with van der Waals surface area (Å²) in [5.74, 6) is -0.0822. The number of morpholine rings is 1. The van der Waals surface area contributed by atoms with E-state index in [1.807, 2.05) is 30.3 Å². The number of urea groups is 1. The molecule has 1 aromatic rings. The maximum atomic E-state index is 12.3. The van der Waals surface area contributed by atoms with Crippen LogP contribution in [-0.2, 0) is 16.1 Å². The molecule has 0 unspecified atom stereocenters. The van der Waals surface area contributed by atoms with Crippen LogP contribution in [0.5, 0.6) is 0 Å². The van der Waals surface area contributed by atoms with Gasteiger partial charge in [0.1, 0.15) is 6.67 Å². The van der Waals surface area contributed by atoms with Crippen LogP contribution in [0.1, 0.15) is 5.56 Å². The van der Waals surface area contributed by atoms with Crippen LogP contribution in [0.4, 0.5) is 4.79 Å². The smallest absolute Gasteiger partial charge is 0.322 e. The molecule has 1 N–H and O–H groups in total. The number of benzene rings is 1. The lowest BCUT2D eigenvalue weighted by Gasteiger charge is -2.32. The first kappa shape index (κ1) is 17.4. The van der Waals surface area contributed by atoms with E-state index >= 15 is 0 Å². The van der Waals surface area contributed by atoms with Crippen LogP contribution >= 0.6 is 0 Å². The molecule has 134 valence electrons. The highest BCUT2D eigenvalue weighted by Crippen LogP contribution is 2.11. The van der Waals surface area contributed by atoms with E-state index in [1.165, 1.54) is 11.0 Å². The van der Waals surface area contributed by atoms with Gasteiger partial charge in [0.05, 0.1) is 13.2 Å². The summed E-state index contributed by atoms with van der Waals surface area (Å²) in [4.78, 5) is 29.8. The Morgan fingerprint density at radius 1 is 1.16 bits per heavy atom. The van der Waals surface area contributed by atoms with Crippen molar-refractivity contribution >= 4 is 11.9 Å². The maximum Gasteiger partial charge on any atom is 0.322 e. The number of nitrogens with one attached hydrogen (secondary N) is 1. The van der Waals surface area contributed by atoms with E-state index in [1.54, 1.807) is 11.1 Å². The third-order valence-corrected chi connectivity index (χ3v) is 4.32. The van der Waals surface area contributed by atoms with Crippen molar-refractivity contribution in [3.63, 3.8) is 0 Å². The summed E-state index contributed by atoms with van der Waals surface area (Å²) in [6.45, 7) is 5.43. The van der Waals surface area contributed by atoms with E-state index in [2.05, 4.69) is 10.2 Å². The largest absolute Gasteiger partial charge is 0.379 e. The lowest BCUT2D eigenvalue weighted by molar-refractivity contribution is -0.128. The van der Waals surface area contributed by atoms with Crippen LogP contribution in [0.2, 0.25) is 0 Å². The van der Waals surface area contributed by atoms with Crippen molar-refractivity contribution in [2.24, 2.45) is 0 Å². The van der Waals surface area contributed by atoms with E-state index < -0.39 is 0 Å². The van der Waals surface area contributed by atoms with Crippen LogP contribution < -0.4 is 5.32 Å². The fraction of sp³-hybridized carbons (Fsp3) is 0.444. The predicted octanol–water partition coefficient (Wildman–Crippen LogP) is 0.844. The van der Waals surface area contributed by atoms with Crippen LogP contribution in [0.3, 0.4) is 0 Å². The first-order chi connectivity index (χ1) is 12.2. The Labute approximate surface area is 147 Å². The fourth-order valence-corrected chi connectivity index (χ4v) is 2.87. The molecule has 0 radical (unpaired) electrons. The Morgan fingerprint density at radius 3 is 2.68 bits per heavy atom. The van der Waals surface area contributed by atoms with Crippen molar-refractivity contribution in [3.05, 3.63) is 48.2 Å². The number of hydrogen-bond donors (Lipinski definition) is 1. The zero-order valence-corrected chi connectivity index (χ0v) is 14.3. The van der Waals surface area contributed by atoms with Crippen molar-refractivity contribution in [2.75, 3.05) is 46.1 Å². The van der Waals surface area contributed by atoms with Crippen molar-refractivity contribution in [1.29, 1.82) is 0 Å². The zero-order valence-electron chi connectivity index (χ0n) is 14.3. The minimum Gasteiger partial charge on any atom is -0.379 e. The molecule has 0 aromatic heterocycles. The highest BCUT2D eigenvalue weighted by molar-refractivity contribution is 5.90. The van der Waals surface area contributed by atoms with Crippen LogP contribution in [0, 0.1) is 0 Å². The SMILES string of the molecule is O=C(NCCN1CCOCC1)N1C=CC(=O)N(Cc2ccccc2)C1. The van der Waals surface area contributed by atoms with Crippen molar-refractivity contribution in [1.82, 2.24) is 20.0 Å². The van der Waals surface area contributed by atoms with E-state index in [0.717, 1.165) is 38.4 Å². The van der Waals surface area contributed by atoms with Gasteiger partial charge in [-0.15, -0.1) is 0 Å². The summed E-state index contributed by atoms with van der Waals surface area (Å²) in [5, 5.41) is 2.91. The molecule has 3 amide bonds. The summed E-state index contributed by atoms with van der Waals surface area (Å²) in [6, 6.07) is 9.58. The number of hydrogen-bond acceptors (Lipinski definition) is 4. The van der Waals surface area contributed by atoms with Crippen molar-refractivity contribution in [2.45, 2.75) is 6.54 Å². The molecule has 0 spiro atoms. The molecule has 25 heavy (non-hydrogen) atoms. The van der Waals surface area contributed by atoms with Gasteiger partial charge < -0.3 is 15.0 Å². The summed E-state index contributed by atoms with van der Waals surface area (Å²) in [6.07, 6.45) is 2.99. The Morgan fingerprint density at radius 2 is 1.92 bits per heavy atom. The van der Waals surface area contributed by atoms with Crippen LogP contribution in [0.25, 0.3) is 0 Å². The Kier molecular flexibility index (Phi) is 6.03. The molecule has 2 aliphatic heterocycles. The standard InChI is InChI=1S/C18H24N4O3/c23-17-6-8-21(15-22(17)14-16-4-2-1-3-5-16)18(24)19-7-9-20-10-12-25-13-11-20/h1-6,8H,7,9-15H2,(H,19,24). The van der Waals surface area contributed by atoms with Gasteiger partial charge >= 0.3 is 6.03 Å². The van der Waals surface area contributed by atoms with Gasteiger partial charge in [0.15, 0.2) is 0 Å². The topological polar surface area (TPSA) is 65.1 Å². The number of carbonyl (C=O) groups excluding carboxylic acids is 2. The molecule has 3 rings (SSSR count). The highest BCUT2D eigenvalue weighted by atomic mass is 16.5. The molecular weight excluding hydrogens is 320 g/mol. The molecule has 2 heterocycles. The molecule has 0 bridgehead atoms. The molecule has 1 aromatic carbocycles. The molecule has 2 aliphatic rings. The number of ether oxygens (including phenoxy) is 1. The van der Waals surface area contributed by atoms with Gasteiger partial charge in [0.2, 0.25) is 5.91 Å². The molecule has 7 nitrogen and oxygen atoms in total. The summed E-state index contributed by atoms with van der Waals surface area (Å²) in [7, 11) is 0. The van der Waals surface area contributed by atoms with Gasteiger partial charge in [0, 0.05) is 45.0 Å². The second-order valence-corrected chi connectivity index (χ2v) is 6.13. The van der Waals surface area contributed by atoms with Crippen LogP contribution in [-0.4, -0.2) is 72.7 Å². The summed E-state index contributed by atoms with van der Waals surface area (Å²) in [5.41, 5.74) is 1.04. The maximum absolute atomic E-state index is 12.3. The molecule has 0 atom stereocenters. The Hall–Kier alpha value is -2.38. The van der Waals surface area contributed by atoms with E-state index in [0.29, 0.717) is 13.1 Å². The fourth-order valence-electron chi connectivity index (χ4n) is 2.87. The minimum absolute atomic E-state index is 0.0822. The van der Waals surface area contributed by atoms with E-state index in [9.17, 15) is 9.59 Å². The monoisotopic (exact) mass is 344 g/mol. The van der Waals surface area contributed by atoms with Crippen molar-refractivity contribution < 1.29 is 14.3 Å². The number of amides is 3. The van der Waals surface area contributed by atoms with Gasteiger partial charge in [0.25, 0.3) is 0 Å². The zero-order chi connectivity index (χ0) is 17.5. The first-order valence-corrected chi connectivity index (χ1v) is 8.58. The van der Waals surface area contributed by atoms with Gasteiger partial charge in [-0.25, -0.2) is 4.79 Å². The Bertz CT molecular complexity index is 614. The molecule has 1 saturated heterocycles. The predicted molar refractivity (Wildman–Crippen MR) is 93.5 cm³/mol. The molecule has 0 aliphatic carbocycles. The third kappa shape index (κ3) is 5.04. The van der Waals surface area contributed by atoms with E-state index in [4.69, 9.17) is 4.74 Å². The second-order valence-electron chi connectivity index (χ2n) is 6.13. The third-order valence-electron chi connectivity index (χ3n) is 4.32. The molecule has 7 heteroatoms. The van der Waals surface area contributed by atoms with Gasteiger partial charge in [-0.2, -0.15) is 0 Å². The lowest BCUT2D eigenvalue weighted by Crippen LogP contribution is -2.49.